The number of phenolic OH excluding ortho intramolecular Hbond substituents is 1. The van der Waals surface area contributed by atoms with Gasteiger partial charge in [-0.1, -0.05) is 39.4 Å². The highest BCUT2D eigenvalue weighted by atomic mass is 79.9. The van der Waals surface area contributed by atoms with Gasteiger partial charge in [0, 0.05) is 10.0 Å². The standard InChI is InChI=1S/C26H25BrN2O6S/c1-5-34-19-13-17(27)11-16(23(19)30)12-20-24(31)29-22(15-7-9-18(33-4)10-8-15)21(25(32)35-6-2)14(3)28-26(29)36-20/h7-13,22,30H,5-6H2,1-4H3/b20-12-/t22-/m1/s1. The van der Waals surface area contributed by atoms with E-state index in [1.807, 2.05) is 19.1 Å². The molecule has 1 aliphatic rings. The summed E-state index contributed by atoms with van der Waals surface area (Å²) < 4.78 is 18.6. The largest absolute Gasteiger partial charge is 0.504 e. The van der Waals surface area contributed by atoms with Crippen LogP contribution in [0.2, 0.25) is 0 Å². The Morgan fingerprint density at radius 2 is 1.94 bits per heavy atom. The maximum Gasteiger partial charge on any atom is 0.338 e. The van der Waals surface area contributed by atoms with Crippen molar-refractivity contribution in [3.05, 3.63) is 83.0 Å². The van der Waals surface area contributed by atoms with Gasteiger partial charge >= 0.3 is 5.97 Å². The molecule has 10 heteroatoms. The van der Waals surface area contributed by atoms with E-state index in [4.69, 9.17) is 14.2 Å². The Balaban J connectivity index is 1.95. The first-order valence-electron chi connectivity index (χ1n) is 11.3. The Labute approximate surface area is 219 Å². The van der Waals surface area contributed by atoms with E-state index in [1.54, 1.807) is 51.3 Å². The van der Waals surface area contributed by atoms with Gasteiger partial charge in [-0.25, -0.2) is 9.79 Å². The van der Waals surface area contributed by atoms with Crippen molar-refractivity contribution < 1.29 is 24.1 Å². The zero-order valence-corrected chi connectivity index (χ0v) is 22.6. The molecular formula is C26H25BrN2O6S. The van der Waals surface area contributed by atoms with Gasteiger partial charge < -0.3 is 19.3 Å². The second-order valence-electron chi connectivity index (χ2n) is 7.85. The summed E-state index contributed by atoms with van der Waals surface area (Å²) in [6.45, 7) is 5.85. The lowest BCUT2D eigenvalue weighted by molar-refractivity contribution is -0.139. The van der Waals surface area contributed by atoms with Crippen molar-refractivity contribution in [3.63, 3.8) is 0 Å². The molecular weight excluding hydrogens is 548 g/mol. The van der Waals surface area contributed by atoms with Crippen LogP contribution in [0.15, 0.2) is 61.9 Å². The van der Waals surface area contributed by atoms with E-state index >= 15 is 0 Å². The molecule has 188 valence electrons. The number of allylic oxidation sites excluding steroid dienone is 1. The number of esters is 1. The highest BCUT2D eigenvalue weighted by Gasteiger charge is 2.33. The summed E-state index contributed by atoms with van der Waals surface area (Å²) in [5, 5.41) is 10.7. The average molecular weight is 573 g/mol. The SMILES string of the molecule is CCOC(=O)C1=C(C)N=c2s/c(=C\c3cc(Br)cc(OCC)c3O)c(=O)n2[C@@H]1c1ccc(OC)cc1. The summed E-state index contributed by atoms with van der Waals surface area (Å²) in [6.07, 6.45) is 1.60. The van der Waals surface area contributed by atoms with E-state index in [1.165, 1.54) is 15.9 Å². The summed E-state index contributed by atoms with van der Waals surface area (Å²) in [5.41, 5.74) is 1.56. The molecule has 0 unspecified atom stereocenters. The van der Waals surface area contributed by atoms with Crippen molar-refractivity contribution in [3.8, 4) is 17.2 Å². The zero-order chi connectivity index (χ0) is 26.0. The molecule has 0 saturated carbocycles. The van der Waals surface area contributed by atoms with E-state index in [0.29, 0.717) is 54.3 Å². The fraction of sp³-hybridized carbons (Fsp3) is 0.269. The molecule has 0 spiro atoms. The molecule has 1 atom stereocenters. The number of thiazole rings is 1. The third kappa shape index (κ3) is 4.83. The van der Waals surface area contributed by atoms with Crippen LogP contribution in [0.4, 0.5) is 0 Å². The van der Waals surface area contributed by atoms with Gasteiger partial charge in [0.15, 0.2) is 16.3 Å². The van der Waals surface area contributed by atoms with Crippen molar-refractivity contribution in [2.45, 2.75) is 26.8 Å². The first-order valence-corrected chi connectivity index (χ1v) is 12.9. The van der Waals surface area contributed by atoms with Crippen LogP contribution in [-0.4, -0.2) is 36.0 Å². The first kappa shape index (κ1) is 25.7. The van der Waals surface area contributed by atoms with Crippen LogP contribution in [0.3, 0.4) is 0 Å². The number of benzene rings is 2. The second-order valence-corrected chi connectivity index (χ2v) is 9.77. The molecule has 1 N–H and O–H groups in total. The average Bonchev–Trinajstić information content (AvgIpc) is 3.15. The number of fused-ring (bicyclic) bond motifs is 1. The molecule has 36 heavy (non-hydrogen) atoms. The smallest absolute Gasteiger partial charge is 0.338 e. The number of rotatable bonds is 7. The lowest BCUT2D eigenvalue weighted by Crippen LogP contribution is -2.39. The molecule has 1 aliphatic heterocycles. The minimum atomic E-state index is -0.733. The van der Waals surface area contributed by atoms with Gasteiger partial charge in [-0.15, -0.1) is 0 Å². The lowest BCUT2D eigenvalue weighted by Gasteiger charge is -2.24. The molecule has 3 aromatic rings. The summed E-state index contributed by atoms with van der Waals surface area (Å²) >= 11 is 4.60. The molecule has 2 aromatic carbocycles. The molecule has 0 bridgehead atoms. The van der Waals surface area contributed by atoms with Gasteiger partial charge in [-0.2, -0.15) is 0 Å². The molecule has 0 radical (unpaired) electrons. The van der Waals surface area contributed by atoms with Crippen LogP contribution < -0.4 is 24.4 Å². The normalized spacial score (nSPS) is 15.4. The van der Waals surface area contributed by atoms with Crippen molar-refractivity contribution >= 4 is 39.3 Å². The highest BCUT2D eigenvalue weighted by Crippen LogP contribution is 2.35. The minimum Gasteiger partial charge on any atom is -0.504 e. The summed E-state index contributed by atoms with van der Waals surface area (Å²) in [4.78, 5) is 31.7. The Morgan fingerprint density at radius 3 is 2.58 bits per heavy atom. The Hall–Kier alpha value is -3.37. The fourth-order valence-corrected chi connectivity index (χ4v) is 5.50. The van der Waals surface area contributed by atoms with Crippen molar-refractivity contribution in [1.82, 2.24) is 4.57 Å². The maximum atomic E-state index is 13.7. The lowest BCUT2D eigenvalue weighted by atomic mass is 9.96. The van der Waals surface area contributed by atoms with Crippen LogP contribution in [0, 0.1) is 0 Å². The number of hydrogen-bond donors (Lipinski definition) is 1. The molecule has 0 amide bonds. The maximum absolute atomic E-state index is 13.7. The van der Waals surface area contributed by atoms with Gasteiger partial charge in [0.25, 0.3) is 5.56 Å². The van der Waals surface area contributed by atoms with Gasteiger partial charge in [0.2, 0.25) is 0 Å². The van der Waals surface area contributed by atoms with Gasteiger partial charge in [0.05, 0.1) is 42.2 Å². The van der Waals surface area contributed by atoms with Crippen molar-refractivity contribution in [2.75, 3.05) is 20.3 Å². The first-order chi connectivity index (χ1) is 17.3. The van der Waals surface area contributed by atoms with Crippen LogP contribution in [0.5, 0.6) is 17.2 Å². The van der Waals surface area contributed by atoms with Crippen LogP contribution in [-0.2, 0) is 9.53 Å². The topological polar surface area (TPSA) is 99.4 Å². The number of halogens is 1. The van der Waals surface area contributed by atoms with Crippen LogP contribution >= 0.6 is 27.3 Å². The third-order valence-electron chi connectivity index (χ3n) is 5.60. The van der Waals surface area contributed by atoms with Crippen molar-refractivity contribution in [1.29, 1.82) is 0 Å². The number of hydrogen-bond acceptors (Lipinski definition) is 8. The number of aromatic hydroxyl groups is 1. The quantitative estimate of drug-likeness (QED) is 0.434. The van der Waals surface area contributed by atoms with Crippen molar-refractivity contribution in [2.24, 2.45) is 4.99 Å². The monoisotopic (exact) mass is 572 g/mol. The fourth-order valence-electron chi connectivity index (χ4n) is 4.00. The van der Waals surface area contributed by atoms with Crippen LogP contribution in [0.1, 0.15) is 37.9 Å². The third-order valence-corrected chi connectivity index (χ3v) is 7.04. The summed E-state index contributed by atoms with van der Waals surface area (Å²) in [5.74, 6) is 0.364. The van der Waals surface area contributed by atoms with E-state index in [0.717, 1.165) is 0 Å². The van der Waals surface area contributed by atoms with E-state index in [9.17, 15) is 14.7 Å². The van der Waals surface area contributed by atoms with E-state index in [-0.39, 0.29) is 17.9 Å². The van der Waals surface area contributed by atoms with Gasteiger partial charge in [-0.05, 0) is 56.7 Å². The number of carbonyl (C=O) groups is 1. The number of aromatic nitrogens is 1. The Morgan fingerprint density at radius 1 is 1.22 bits per heavy atom. The highest BCUT2D eigenvalue weighted by molar-refractivity contribution is 9.10. The van der Waals surface area contributed by atoms with Gasteiger partial charge in [0.1, 0.15) is 5.75 Å². The number of nitrogens with zero attached hydrogens (tertiary/aromatic N) is 2. The summed E-state index contributed by atoms with van der Waals surface area (Å²) in [7, 11) is 1.57. The second kappa shape index (κ2) is 10.7. The summed E-state index contributed by atoms with van der Waals surface area (Å²) in [6, 6.07) is 9.81. The molecule has 1 aromatic heterocycles. The molecule has 0 saturated heterocycles. The van der Waals surface area contributed by atoms with E-state index in [2.05, 4.69) is 20.9 Å². The number of carbonyl (C=O) groups excluding carboxylic acids is 1. The molecule has 2 heterocycles. The van der Waals surface area contributed by atoms with E-state index < -0.39 is 12.0 Å². The van der Waals surface area contributed by atoms with Crippen LogP contribution in [0.25, 0.3) is 6.08 Å². The predicted octanol–water partition coefficient (Wildman–Crippen LogP) is 3.67. The zero-order valence-electron chi connectivity index (χ0n) is 20.2. The van der Waals surface area contributed by atoms with Gasteiger partial charge in [-0.3, -0.25) is 9.36 Å². The number of methoxy groups -OCH3 is 1. The minimum absolute atomic E-state index is 0.0685. The molecule has 0 fully saturated rings. The number of phenols is 1. The predicted molar refractivity (Wildman–Crippen MR) is 140 cm³/mol. The number of ether oxygens (including phenoxy) is 3. The molecule has 8 nitrogen and oxygen atoms in total. The molecule has 4 rings (SSSR count). The molecule has 0 aliphatic carbocycles. The Kier molecular flexibility index (Phi) is 7.65. The Bertz CT molecular complexity index is 1520.